The maximum absolute atomic E-state index is 11.3. The molecular weight excluding hydrogens is 320 g/mol. The van der Waals surface area contributed by atoms with E-state index in [0.29, 0.717) is 0 Å². The summed E-state index contributed by atoms with van der Waals surface area (Å²) in [5.41, 5.74) is 4.32. The number of hydrogen-bond donors (Lipinski definition) is 1. The van der Waals surface area contributed by atoms with Crippen LogP contribution in [0, 0.1) is 0 Å². The Morgan fingerprint density at radius 3 is 2.95 bits per heavy atom. The van der Waals surface area contributed by atoms with E-state index in [1.807, 2.05) is 16.8 Å². The zero-order valence-corrected chi connectivity index (χ0v) is 12.8. The van der Waals surface area contributed by atoms with Crippen LogP contribution in [0.3, 0.4) is 0 Å². The van der Waals surface area contributed by atoms with Crippen LogP contribution in [0.1, 0.15) is 40.7 Å². The van der Waals surface area contributed by atoms with E-state index in [0.717, 1.165) is 52.7 Å². The molecule has 1 heterocycles. The van der Waals surface area contributed by atoms with Crippen LogP contribution in [-0.4, -0.2) is 20.9 Å². The molecular formula is C15H15BrN2O2. The molecule has 0 bridgehead atoms. The summed E-state index contributed by atoms with van der Waals surface area (Å²) >= 11 is 3.48. The molecule has 0 saturated heterocycles. The van der Waals surface area contributed by atoms with E-state index in [4.69, 9.17) is 0 Å². The van der Waals surface area contributed by atoms with E-state index in [-0.39, 0.29) is 5.69 Å². The Labute approximate surface area is 125 Å². The van der Waals surface area contributed by atoms with E-state index in [1.54, 1.807) is 0 Å². The minimum Gasteiger partial charge on any atom is -0.476 e. The molecule has 1 aromatic heterocycles. The van der Waals surface area contributed by atoms with E-state index in [1.165, 1.54) is 0 Å². The molecule has 1 aliphatic rings. The Balaban J connectivity index is 2.21. The van der Waals surface area contributed by atoms with Crippen molar-refractivity contribution in [2.24, 2.45) is 0 Å². The van der Waals surface area contributed by atoms with Crippen LogP contribution in [0.2, 0.25) is 0 Å². The number of carbonyl (C=O) groups is 1. The Bertz CT molecular complexity index is 691. The molecule has 104 valence electrons. The Morgan fingerprint density at radius 2 is 2.25 bits per heavy atom. The largest absolute Gasteiger partial charge is 0.476 e. The summed E-state index contributed by atoms with van der Waals surface area (Å²) in [6, 6.07) is 6.04. The van der Waals surface area contributed by atoms with E-state index in [2.05, 4.69) is 34.0 Å². The number of aryl methyl sites for hydroxylation is 1. The van der Waals surface area contributed by atoms with Gasteiger partial charge in [0, 0.05) is 15.7 Å². The number of carboxylic acids is 1. The predicted octanol–water partition coefficient (Wildman–Crippen LogP) is 3.38. The number of fused-ring (bicyclic) bond motifs is 1. The fourth-order valence-corrected chi connectivity index (χ4v) is 3.26. The lowest BCUT2D eigenvalue weighted by molar-refractivity contribution is 0.0689. The van der Waals surface area contributed by atoms with E-state index in [9.17, 15) is 9.90 Å². The number of halogens is 1. The normalized spacial score (nSPS) is 13.5. The quantitative estimate of drug-likeness (QED) is 0.935. The number of aromatic nitrogens is 2. The molecule has 4 nitrogen and oxygen atoms in total. The molecule has 3 rings (SSSR count). The standard InChI is InChI=1S/C15H15BrN2O2/c1-2-9-8-10(16)6-7-12(9)18-13-5-3-4-11(13)14(17-18)15(19)20/h6-8H,2-5H2,1H3,(H,19,20). The highest BCUT2D eigenvalue weighted by molar-refractivity contribution is 9.10. The molecule has 0 aliphatic heterocycles. The number of hydrogen-bond acceptors (Lipinski definition) is 2. The van der Waals surface area contributed by atoms with Crippen molar-refractivity contribution in [3.05, 3.63) is 45.2 Å². The molecule has 1 aliphatic carbocycles. The molecule has 0 radical (unpaired) electrons. The number of benzene rings is 1. The minimum atomic E-state index is -0.933. The molecule has 5 heteroatoms. The summed E-state index contributed by atoms with van der Waals surface area (Å²) in [6.45, 7) is 2.09. The lowest BCUT2D eigenvalue weighted by Crippen LogP contribution is -2.06. The summed E-state index contributed by atoms with van der Waals surface area (Å²) < 4.78 is 2.86. The molecule has 1 N–H and O–H groups in total. The number of carboxylic acid groups (broad SMARTS) is 1. The summed E-state index contributed by atoms with van der Waals surface area (Å²) in [5, 5.41) is 13.6. The van der Waals surface area contributed by atoms with Gasteiger partial charge < -0.3 is 5.11 Å². The fraction of sp³-hybridized carbons (Fsp3) is 0.333. The number of aromatic carboxylic acids is 1. The monoisotopic (exact) mass is 334 g/mol. The van der Waals surface area contributed by atoms with Gasteiger partial charge in [0.1, 0.15) is 0 Å². The van der Waals surface area contributed by atoms with Crippen molar-refractivity contribution in [3.8, 4) is 5.69 Å². The zero-order valence-electron chi connectivity index (χ0n) is 11.2. The first kappa shape index (κ1) is 13.4. The molecule has 20 heavy (non-hydrogen) atoms. The highest BCUT2D eigenvalue weighted by atomic mass is 79.9. The second-order valence-electron chi connectivity index (χ2n) is 4.97. The molecule has 0 fully saturated rings. The van der Waals surface area contributed by atoms with Gasteiger partial charge >= 0.3 is 5.97 Å². The van der Waals surface area contributed by atoms with Crippen LogP contribution in [0.25, 0.3) is 5.69 Å². The summed E-state index contributed by atoms with van der Waals surface area (Å²) in [7, 11) is 0. The third-order valence-electron chi connectivity index (χ3n) is 3.78. The fourth-order valence-electron chi connectivity index (χ4n) is 2.85. The summed E-state index contributed by atoms with van der Waals surface area (Å²) in [4.78, 5) is 11.3. The van der Waals surface area contributed by atoms with E-state index < -0.39 is 5.97 Å². The lowest BCUT2D eigenvalue weighted by atomic mass is 10.1. The van der Waals surface area contributed by atoms with Gasteiger partial charge in [-0.1, -0.05) is 22.9 Å². The molecule has 2 aromatic rings. The van der Waals surface area contributed by atoms with Gasteiger partial charge in [0.25, 0.3) is 0 Å². The van der Waals surface area contributed by atoms with Gasteiger partial charge in [-0.25, -0.2) is 9.48 Å². The van der Waals surface area contributed by atoms with Gasteiger partial charge in [0.2, 0.25) is 0 Å². The third kappa shape index (κ3) is 2.06. The van der Waals surface area contributed by atoms with Crippen LogP contribution in [-0.2, 0) is 19.3 Å². The highest BCUT2D eigenvalue weighted by Crippen LogP contribution is 2.30. The van der Waals surface area contributed by atoms with Crippen molar-refractivity contribution in [3.63, 3.8) is 0 Å². The van der Waals surface area contributed by atoms with Gasteiger partial charge in [-0.15, -0.1) is 0 Å². The average molecular weight is 335 g/mol. The van der Waals surface area contributed by atoms with Crippen LogP contribution < -0.4 is 0 Å². The van der Waals surface area contributed by atoms with Crippen molar-refractivity contribution < 1.29 is 9.90 Å². The van der Waals surface area contributed by atoms with Gasteiger partial charge in [-0.2, -0.15) is 5.10 Å². The van der Waals surface area contributed by atoms with Gasteiger partial charge in [-0.3, -0.25) is 0 Å². The predicted molar refractivity (Wildman–Crippen MR) is 79.6 cm³/mol. The second-order valence-corrected chi connectivity index (χ2v) is 5.89. The van der Waals surface area contributed by atoms with Crippen molar-refractivity contribution >= 4 is 21.9 Å². The van der Waals surface area contributed by atoms with Crippen molar-refractivity contribution in [1.29, 1.82) is 0 Å². The van der Waals surface area contributed by atoms with Crippen molar-refractivity contribution in [2.75, 3.05) is 0 Å². The SMILES string of the molecule is CCc1cc(Br)ccc1-n1nc(C(=O)O)c2c1CCC2. The van der Waals surface area contributed by atoms with Crippen LogP contribution in [0.4, 0.5) is 0 Å². The Kier molecular flexibility index (Phi) is 3.38. The van der Waals surface area contributed by atoms with E-state index >= 15 is 0 Å². The molecule has 0 atom stereocenters. The molecule has 0 saturated carbocycles. The Morgan fingerprint density at radius 1 is 1.45 bits per heavy atom. The molecule has 0 unspecified atom stereocenters. The van der Waals surface area contributed by atoms with Gasteiger partial charge in [0.15, 0.2) is 5.69 Å². The van der Waals surface area contributed by atoms with Gasteiger partial charge in [-0.05, 0) is 49.4 Å². The average Bonchev–Trinajstić information content (AvgIpc) is 3.00. The maximum atomic E-state index is 11.3. The Hall–Kier alpha value is -1.62. The topological polar surface area (TPSA) is 55.1 Å². The number of rotatable bonds is 3. The first-order valence-electron chi connectivity index (χ1n) is 6.74. The van der Waals surface area contributed by atoms with Crippen LogP contribution in [0.5, 0.6) is 0 Å². The molecule has 0 amide bonds. The smallest absolute Gasteiger partial charge is 0.356 e. The lowest BCUT2D eigenvalue weighted by Gasteiger charge is -2.11. The van der Waals surface area contributed by atoms with Crippen molar-refractivity contribution in [1.82, 2.24) is 9.78 Å². The second kappa shape index (κ2) is 5.05. The van der Waals surface area contributed by atoms with Gasteiger partial charge in [0.05, 0.1) is 5.69 Å². The third-order valence-corrected chi connectivity index (χ3v) is 4.28. The van der Waals surface area contributed by atoms with Crippen LogP contribution >= 0.6 is 15.9 Å². The summed E-state index contributed by atoms with van der Waals surface area (Å²) in [6.07, 6.45) is 3.60. The zero-order chi connectivity index (χ0) is 14.3. The minimum absolute atomic E-state index is 0.211. The first-order valence-corrected chi connectivity index (χ1v) is 7.54. The summed E-state index contributed by atoms with van der Waals surface area (Å²) in [5.74, 6) is -0.933. The molecule has 1 aromatic carbocycles. The van der Waals surface area contributed by atoms with Crippen LogP contribution in [0.15, 0.2) is 22.7 Å². The van der Waals surface area contributed by atoms with Crippen molar-refractivity contribution in [2.45, 2.75) is 32.6 Å². The maximum Gasteiger partial charge on any atom is 0.356 e. The highest BCUT2D eigenvalue weighted by Gasteiger charge is 2.27. The molecule has 0 spiro atoms. The number of nitrogens with zero attached hydrogens (tertiary/aromatic N) is 2. The first-order chi connectivity index (χ1) is 9.61.